The maximum Gasteiger partial charge on any atom is 0.360 e. The van der Waals surface area contributed by atoms with Gasteiger partial charge in [-0.1, -0.05) is 6.07 Å². The van der Waals surface area contributed by atoms with Gasteiger partial charge in [0.25, 0.3) is 0 Å². The van der Waals surface area contributed by atoms with Crippen molar-refractivity contribution in [3.8, 4) is 5.75 Å². The van der Waals surface area contributed by atoms with Crippen molar-refractivity contribution in [3.63, 3.8) is 0 Å². The van der Waals surface area contributed by atoms with E-state index in [4.69, 9.17) is 9.47 Å². The van der Waals surface area contributed by atoms with Crippen LogP contribution in [0.15, 0.2) is 12.1 Å². The van der Waals surface area contributed by atoms with Crippen molar-refractivity contribution in [2.24, 2.45) is 0 Å². The molecule has 2 aliphatic rings. The Labute approximate surface area is 98.5 Å². The van der Waals surface area contributed by atoms with Crippen molar-refractivity contribution in [2.45, 2.75) is 32.3 Å². The fraction of sp³-hybridized carbons (Fsp3) is 0.385. The molecule has 4 nitrogen and oxygen atoms in total. The van der Waals surface area contributed by atoms with E-state index in [9.17, 15) is 9.59 Å². The lowest BCUT2D eigenvalue weighted by Crippen LogP contribution is -2.33. The predicted octanol–water partition coefficient (Wildman–Crippen LogP) is 1.75. The summed E-state index contributed by atoms with van der Waals surface area (Å²) < 4.78 is 10.5. The highest BCUT2D eigenvalue weighted by atomic mass is 16.6. The zero-order valence-electron chi connectivity index (χ0n) is 9.70. The van der Waals surface area contributed by atoms with Gasteiger partial charge in [-0.05, 0) is 31.0 Å². The second-order valence-electron chi connectivity index (χ2n) is 4.65. The first kappa shape index (κ1) is 10.3. The number of esters is 2. The van der Waals surface area contributed by atoms with Gasteiger partial charge in [0.1, 0.15) is 5.75 Å². The summed E-state index contributed by atoms with van der Waals surface area (Å²) in [4.78, 5) is 23.3. The molecule has 0 saturated carbocycles. The quantitative estimate of drug-likeness (QED) is 0.505. The summed E-state index contributed by atoms with van der Waals surface area (Å²) in [6.07, 6.45) is 0.642. The average molecular weight is 232 g/mol. The molecular weight excluding hydrogens is 220 g/mol. The van der Waals surface area contributed by atoms with Crippen LogP contribution in [0.3, 0.4) is 0 Å². The maximum atomic E-state index is 12.0. The average Bonchev–Trinajstić information content (AvgIpc) is 2.71. The minimum absolute atomic E-state index is 0.266. The number of hydrogen-bond donors (Lipinski definition) is 0. The Bertz CT molecular complexity index is 547. The third kappa shape index (κ3) is 1.24. The van der Waals surface area contributed by atoms with Crippen LogP contribution < -0.4 is 4.74 Å². The van der Waals surface area contributed by atoms with Gasteiger partial charge >= 0.3 is 11.9 Å². The highest BCUT2D eigenvalue weighted by Gasteiger charge is 2.56. The largest absolute Gasteiger partial charge is 0.442 e. The Kier molecular flexibility index (Phi) is 1.88. The molecule has 88 valence electrons. The molecule has 0 amide bonds. The Morgan fingerprint density at radius 3 is 2.65 bits per heavy atom. The molecule has 1 aromatic carbocycles. The molecular formula is C13H12O4. The molecule has 1 spiro atoms. The van der Waals surface area contributed by atoms with Crippen molar-refractivity contribution >= 4 is 11.9 Å². The number of benzene rings is 1. The van der Waals surface area contributed by atoms with Crippen LogP contribution in [0.5, 0.6) is 5.75 Å². The molecule has 0 aliphatic carbocycles. The van der Waals surface area contributed by atoms with Crippen molar-refractivity contribution < 1.29 is 19.1 Å². The van der Waals surface area contributed by atoms with Gasteiger partial charge in [0.05, 0.1) is 12.0 Å². The van der Waals surface area contributed by atoms with Crippen LogP contribution in [0.25, 0.3) is 0 Å². The first-order chi connectivity index (χ1) is 8.03. The maximum absolute atomic E-state index is 12.0. The van der Waals surface area contributed by atoms with E-state index in [2.05, 4.69) is 0 Å². The third-order valence-corrected chi connectivity index (χ3v) is 3.35. The SMILES string of the molecule is Cc1cc(C)c2c(c1)OC(=O)C21CCC(=O)O1. The van der Waals surface area contributed by atoms with E-state index < -0.39 is 11.6 Å². The molecule has 1 fully saturated rings. The molecule has 1 atom stereocenters. The van der Waals surface area contributed by atoms with E-state index >= 15 is 0 Å². The minimum Gasteiger partial charge on any atom is -0.442 e. The molecule has 0 N–H and O–H groups in total. The normalized spacial score (nSPS) is 26.0. The molecule has 3 rings (SSSR count). The van der Waals surface area contributed by atoms with Crippen molar-refractivity contribution in [1.29, 1.82) is 0 Å². The molecule has 4 heteroatoms. The Morgan fingerprint density at radius 1 is 1.24 bits per heavy atom. The zero-order valence-corrected chi connectivity index (χ0v) is 9.70. The molecule has 17 heavy (non-hydrogen) atoms. The minimum atomic E-state index is -1.18. The van der Waals surface area contributed by atoms with Gasteiger partial charge in [0.2, 0.25) is 5.60 Å². The van der Waals surface area contributed by atoms with Gasteiger partial charge in [-0.25, -0.2) is 4.79 Å². The monoisotopic (exact) mass is 232 g/mol. The van der Waals surface area contributed by atoms with Crippen LogP contribution in [0.4, 0.5) is 0 Å². The standard InChI is InChI=1S/C13H12O4/c1-7-5-8(2)11-9(6-7)16-12(15)13(11)4-3-10(14)17-13/h5-6H,3-4H2,1-2H3. The lowest BCUT2D eigenvalue weighted by Gasteiger charge is -2.19. The molecule has 0 bridgehead atoms. The summed E-state index contributed by atoms with van der Waals surface area (Å²) in [7, 11) is 0. The van der Waals surface area contributed by atoms with Crippen LogP contribution in [0.1, 0.15) is 29.5 Å². The molecule has 0 aromatic heterocycles. The number of ether oxygens (including phenoxy) is 2. The second-order valence-corrected chi connectivity index (χ2v) is 4.65. The summed E-state index contributed by atoms with van der Waals surface area (Å²) in [5.74, 6) is -0.274. The zero-order chi connectivity index (χ0) is 12.2. The predicted molar refractivity (Wildman–Crippen MR) is 58.6 cm³/mol. The molecule has 0 radical (unpaired) electrons. The summed E-state index contributed by atoms with van der Waals surface area (Å²) in [6.45, 7) is 3.84. The third-order valence-electron chi connectivity index (χ3n) is 3.35. The Hall–Kier alpha value is -1.84. The smallest absolute Gasteiger partial charge is 0.360 e. The number of aryl methyl sites for hydroxylation is 2. The second kappa shape index (κ2) is 3.09. The van der Waals surface area contributed by atoms with Crippen molar-refractivity contribution in [2.75, 3.05) is 0 Å². The van der Waals surface area contributed by atoms with Crippen LogP contribution in [-0.4, -0.2) is 11.9 Å². The van der Waals surface area contributed by atoms with Gasteiger partial charge in [-0.3, -0.25) is 4.79 Å². The number of rotatable bonds is 0. The van der Waals surface area contributed by atoms with Gasteiger partial charge in [0.15, 0.2) is 0 Å². The lowest BCUT2D eigenvalue weighted by molar-refractivity contribution is -0.165. The Balaban J connectivity index is 2.23. The number of hydrogen-bond acceptors (Lipinski definition) is 4. The lowest BCUT2D eigenvalue weighted by atomic mass is 9.88. The molecule has 2 aliphatic heterocycles. The summed E-state index contributed by atoms with van der Waals surface area (Å²) in [5.41, 5.74) is 1.50. The molecule has 2 heterocycles. The topological polar surface area (TPSA) is 52.6 Å². The first-order valence-electron chi connectivity index (χ1n) is 5.59. The molecule has 1 saturated heterocycles. The highest BCUT2D eigenvalue weighted by Crippen LogP contribution is 2.48. The number of fused-ring (bicyclic) bond motifs is 2. The Morgan fingerprint density at radius 2 is 2.00 bits per heavy atom. The van der Waals surface area contributed by atoms with Crippen molar-refractivity contribution in [3.05, 3.63) is 28.8 Å². The fourth-order valence-electron chi connectivity index (χ4n) is 2.71. The molecule has 1 aromatic rings. The van der Waals surface area contributed by atoms with Gasteiger partial charge in [-0.15, -0.1) is 0 Å². The van der Waals surface area contributed by atoms with Crippen LogP contribution in [0.2, 0.25) is 0 Å². The first-order valence-corrected chi connectivity index (χ1v) is 5.59. The van der Waals surface area contributed by atoms with Crippen LogP contribution in [0, 0.1) is 13.8 Å². The number of carbonyl (C=O) groups is 2. The fourth-order valence-corrected chi connectivity index (χ4v) is 2.71. The van der Waals surface area contributed by atoms with E-state index in [0.717, 1.165) is 16.7 Å². The van der Waals surface area contributed by atoms with Crippen molar-refractivity contribution in [1.82, 2.24) is 0 Å². The number of carbonyl (C=O) groups excluding carboxylic acids is 2. The van der Waals surface area contributed by atoms with E-state index in [1.165, 1.54) is 0 Å². The summed E-state index contributed by atoms with van der Waals surface area (Å²) >= 11 is 0. The van der Waals surface area contributed by atoms with Gasteiger partial charge in [0, 0.05) is 6.42 Å². The van der Waals surface area contributed by atoms with E-state index in [0.29, 0.717) is 12.2 Å². The van der Waals surface area contributed by atoms with Crippen LogP contribution >= 0.6 is 0 Å². The van der Waals surface area contributed by atoms with Gasteiger partial charge in [-0.2, -0.15) is 0 Å². The van der Waals surface area contributed by atoms with E-state index in [-0.39, 0.29) is 12.4 Å². The summed E-state index contributed by atoms with van der Waals surface area (Å²) in [6, 6.07) is 3.77. The van der Waals surface area contributed by atoms with E-state index in [1.54, 1.807) is 6.07 Å². The highest BCUT2D eigenvalue weighted by molar-refractivity contribution is 5.94. The summed E-state index contributed by atoms with van der Waals surface area (Å²) in [5, 5.41) is 0. The van der Waals surface area contributed by atoms with Crippen LogP contribution in [-0.2, 0) is 19.9 Å². The van der Waals surface area contributed by atoms with Gasteiger partial charge < -0.3 is 9.47 Å². The van der Waals surface area contributed by atoms with E-state index in [1.807, 2.05) is 19.9 Å². The molecule has 1 unspecified atom stereocenters.